The summed E-state index contributed by atoms with van der Waals surface area (Å²) in [5.74, 6) is 0.501. The van der Waals surface area contributed by atoms with Crippen LogP contribution in [-0.2, 0) is 4.79 Å². The fourth-order valence-corrected chi connectivity index (χ4v) is 2.65. The highest BCUT2D eigenvalue weighted by Crippen LogP contribution is 2.30. The molecule has 0 bridgehead atoms. The Kier molecular flexibility index (Phi) is 3.70. The number of nitrogens with one attached hydrogen (secondary N) is 3. The predicted octanol–water partition coefficient (Wildman–Crippen LogP) is 2.76. The smallest absolute Gasteiger partial charge is 0.224 e. The molecular formula is C17H15N7O. The molecule has 4 rings (SSSR count). The maximum atomic E-state index is 11.6. The highest BCUT2D eigenvalue weighted by molar-refractivity contribution is 5.96. The first-order valence-corrected chi connectivity index (χ1v) is 7.87. The summed E-state index contributed by atoms with van der Waals surface area (Å²) in [4.78, 5) is 11.6. The van der Waals surface area contributed by atoms with Crippen LogP contribution in [0.15, 0.2) is 42.5 Å². The average molecular weight is 333 g/mol. The largest absolute Gasteiger partial charge is 0.326 e. The molecule has 0 aliphatic carbocycles. The minimum atomic E-state index is -0.0246. The normalized spacial score (nSPS) is 10.9. The quantitative estimate of drug-likeness (QED) is 0.531. The van der Waals surface area contributed by atoms with Crippen LogP contribution in [0.25, 0.3) is 33.5 Å². The van der Waals surface area contributed by atoms with Crippen LogP contribution < -0.4 is 5.32 Å². The van der Waals surface area contributed by atoms with Gasteiger partial charge in [0.15, 0.2) is 0 Å². The third-order valence-corrected chi connectivity index (χ3v) is 3.91. The third-order valence-electron chi connectivity index (χ3n) is 3.91. The number of aromatic amines is 2. The number of H-pyrrole nitrogens is 2. The van der Waals surface area contributed by atoms with E-state index in [2.05, 4.69) is 36.1 Å². The Morgan fingerprint density at radius 2 is 2.04 bits per heavy atom. The van der Waals surface area contributed by atoms with Crippen LogP contribution in [0, 0.1) is 0 Å². The highest BCUT2D eigenvalue weighted by Gasteiger charge is 2.12. The number of tetrazole rings is 1. The van der Waals surface area contributed by atoms with Gasteiger partial charge < -0.3 is 5.32 Å². The van der Waals surface area contributed by atoms with Crippen molar-refractivity contribution in [3.63, 3.8) is 0 Å². The summed E-state index contributed by atoms with van der Waals surface area (Å²) in [7, 11) is 0. The van der Waals surface area contributed by atoms with Crippen molar-refractivity contribution in [2.45, 2.75) is 13.3 Å². The molecule has 0 saturated heterocycles. The topological polar surface area (TPSA) is 112 Å². The van der Waals surface area contributed by atoms with Gasteiger partial charge in [0.1, 0.15) is 0 Å². The van der Waals surface area contributed by atoms with E-state index in [-0.39, 0.29) is 5.91 Å². The van der Waals surface area contributed by atoms with Gasteiger partial charge in [-0.2, -0.15) is 10.3 Å². The van der Waals surface area contributed by atoms with Crippen molar-refractivity contribution in [3.8, 4) is 22.6 Å². The lowest BCUT2D eigenvalue weighted by Crippen LogP contribution is -2.09. The summed E-state index contributed by atoms with van der Waals surface area (Å²) in [6, 6.07) is 13.4. The van der Waals surface area contributed by atoms with Gasteiger partial charge in [-0.15, -0.1) is 10.2 Å². The Morgan fingerprint density at radius 1 is 1.12 bits per heavy atom. The monoisotopic (exact) mass is 333 g/mol. The number of aromatic nitrogens is 6. The molecule has 0 aliphatic heterocycles. The third kappa shape index (κ3) is 2.85. The Bertz CT molecular complexity index is 1040. The van der Waals surface area contributed by atoms with Gasteiger partial charge in [-0.25, -0.2) is 0 Å². The first kappa shape index (κ1) is 15.0. The lowest BCUT2D eigenvalue weighted by Gasteiger charge is -2.05. The molecule has 8 heteroatoms. The molecule has 0 saturated carbocycles. The number of fused-ring (bicyclic) bond motifs is 1. The molecule has 4 aromatic rings. The summed E-state index contributed by atoms with van der Waals surface area (Å²) < 4.78 is 0. The molecular weight excluding hydrogens is 318 g/mol. The van der Waals surface area contributed by atoms with E-state index in [0.717, 1.165) is 33.4 Å². The van der Waals surface area contributed by atoms with E-state index in [1.54, 1.807) is 0 Å². The van der Waals surface area contributed by atoms with Gasteiger partial charge in [-0.1, -0.05) is 19.1 Å². The molecule has 0 radical (unpaired) electrons. The van der Waals surface area contributed by atoms with Crippen LogP contribution in [-0.4, -0.2) is 36.7 Å². The van der Waals surface area contributed by atoms with E-state index in [9.17, 15) is 4.79 Å². The number of amides is 1. The Morgan fingerprint density at radius 3 is 2.84 bits per heavy atom. The molecule has 0 aliphatic rings. The lowest BCUT2D eigenvalue weighted by molar-refractivity contribution is -0.115. The molecule has 2 aromatic carbocycles. The van der Waals surface area contributed by atoms with Crippen molar-refractivity contribution in [2.75, 3.05) is 5.32 Å². The second kappa shape index (κ2) is 6.16. The lowest BCUT2D eigenvalue weighted by atomic mass is 10.0. The van der Waals surface area contributed by atoms with Crippen molar-refractivity contribution in [1.29, 1.82) is 0 Å². The number of hydrogen-bond acceptors (Lipinski definition) is 5. The van der Waals surface area contributed by atoms with Crippen molar-refractivity contribution in [2.24, 2.45) is 0 Å². The molecule has 0 unspecified atom stereocenters. The zero-order valence-corrected chi connectivity index (χ0v) is 13.4. The summed E-state index contributed by atoms with van der Waals surface area (Å²) in [5, 5.41) is 25.3. The molecule has 2 heterocycles. The van der Waals surface area contributed by atoms with Crippen molar-refractivity contribution >= 4 is 22.5 Å². The second-order valence-corrected chi connectivity index (χ2v) is 5.55. The number of hydrogen-bond donors (Lipinski definition) is 3. The molecule has 0 spiro atoms. The van der Waals surface area contributed by atoms with Crippen LogP contribution in [0.1, 0.15) is 13.3 Å². The Labute approximate surface area is 142 Å². The molecule has 1 amide bonds. The number of nitrogens with zero attached hydrogens (tertiary/aromatic N) is 4. The molecule has 124 valence electrons. The average Bonchev–Trinajstić information content (AvgIpc) is 3.31. The maximum absolute atomic E-state index is 11.6. The number of carbonyl (C=O) groups excluding carboxylic acids is 1. The Balaban J connectivity index is 1.77. The van der Waals surface area contributed by atoms with Gasteiger partial charge in [-0.05, 0) is 35.5 Å². The van der Waals surface area contributed by atoms with Crippen LogP contribution in [0.5, 0.6) is 0 Å². The first-order chi connectivity index (χ1) is 12.2. The van der Waals surface area contributed by atoms with Crippen molar-refractivity contribution in [3.05, 3.63) is 42.5 Å². The number of benzene rings is 2. The van der Waals surface area contributed by atoms with Crippen molar-refractivity contribution in [1.82, 2.24) is 30.8 Å². The van der Waals surface area contributed by atoms with Gasteiger partial charge in [-0.3, -0.25) is 9.89 Å². The van der Waals surface area contributed by atoms with E-state index >= 15 is 0 Å². The van der Waals surface area contributed by atoms with Gasteiger partial charge in [0.25, 0.3) is 0 Å². The standard InChI is InChI=1S/C17H15N7O/c1-2-15(25)18-12-5-3-4-10(8-12)16-13-9-11(17-21-23-24-22-17)6-7-14(13)19-20-16/h3-9H,2H2,1H3,(H,18,25)(H,19,20)(H,21,22,23,24). The molecule has 25 heavy (non-hydrogen) atoms. The van der Waals surface area contributed by atoms with Crippen LogP contribution in [0.3, 0.4) is 0 Å². The predicted molar refractivity (Wildman–Crippen MR) is 93.6 cm³/mol. The minimum Gasteiger partial charge on any atom is -0.326 e. The van der Waals surface area contributed by atoms with Crippen LogP contribution in [0.4, 0.5) is 5.69 Å². The summed E-state index contributed by atoms with van der Waals surface area (Å²) in [5.41, 5.74) is 4.21. The number of anilines is 1. The van der Waals surface area contributed by atoms with E-state index in [1.165, 1.54) is 0 Å². The zero-order chi connectivity index (χ0) is 17.2. The number of carbonyl (C=O) groups is 1. The minimum absolute atomic E-state index is 0.0246. The zero-order valence-electron chi connectivity index (χ0n) is 13.4. The molecule has 2 aromatic heterocycles. The molecule has 0 fully saturated rings. The van der Waals surface area contributed by atoms with E-state index in [4.69, 9.17) is 0 Å². The summed E-state index contributed by atoms with van der Waals surface area (Å²) in [6.45, 7) is 1.82. The summed E-state index contributed by atoms with van der Waals surface area (Å²) >= 11 is 0. The van der Waals surface area contributed by atoms with Gasteiger partial charge >= 0.3 is 0 Å². The molecule has 0 atom stereocenters. The van der Waals surface area contributed by atoms with Crippen molar-refractivity contribution < 1.29 is 4.79 Å². The fraction of sp³-hybridized carbons (Fsp3) is 0.118. The van der Waals surface area contributed by atoms with E-state index < -0.39 is 0 Å². The van der Waals surface area contributed by atoms with Gasteiger partial charge in [0.05, 0.1) is 11.2 Å². The van der Waals surface area contributed by atoms with E-state index in [1.807, 2.05) is 49.4 Å². The SMILES string of the molecule is CCC(=O)Nc1cccc(-c2n[nH]c3ccc(-c4nn[nH]n4)cc23)c1. The van der Waals surface area contributed by atoms with Crippen LogP contribution in [0.2, 0.25) is 0 Å². The number of rotatable bonds is 4. The highest BCUT2D eigenvalue weighted by atomic mass is 16.1. The van der Waals surface area contributed by atoms with Gasteiger partial charge in [0.2, 0.25) is 11.7 Å². The maximum Gasteiger partial charge on any atom is 0.224 e. The van der Waals surface area contributed by atoms with E-state index in [0.29, 0.717) is 12.2 Å². The molecule has 3 N–H and O–H groups in total. The first-order valence-electron chi connectivity index (χ1n) is 7.87. The van der Waals surface area contributed by atoms with Crippen LogP contribution >= 0.6 is 0 Å². The fourth-order valence-electron chi connectivity index (χ4n) is 2.65. The second-order valence-electron chi connectivity index (χ2n) is 5.55. The Hall–Kier alpha value is -3.55. The summed E-state index contributed by atoms with van der Waals surface area (Å²) in [6.07, 6.45) is 0.434. The molecule has 8 nitrogen and oxygen atoms in total. The van der Waals surface area contributed by atoms with Gasteiger partial charge in [0, 0.05) is 28.6 Å².